The Labute approximate surface area is 127 Å². The second kappa shape index (κ2) is 8.38. The van der Waals surface area contributed by atoms with Crippen LogP contribution in [0, 0.1) is 0 Å². The van der Waals surface area contributed by atoms with Gasteiger partial charge in [-0.1, -0.05) is 0 Å². The summed E-state index contributed by atoms with van der Waals surface area (Å²) in [4.78, 5) is 2.55. The number of nitrogens with one attached hydrogen (secondary N) is 1. The van der Waals surface area contributed by atoms with Crippen molar-refractivity contribution in [3.05, 3.63) is 23.8 Å². The topological polar surface area (TPSA) is 24.5 Å². The molecule has 0 saturated carbocycles. The van der Waals surface area contributed by atoms with Crippen LogP contribution in [0.1, 0.15) is 31.7 Å². The summed E-state index contributed by atoms with van der Waals surface area (Å²) in [6, 6.07) is 6.16. The number of nitrogens with zero attached hydrogens (tertiary/aromatic N) is 1. The van der Waals surface area contributed by atoms with Gasteiger partial charge in [-0.2, -0.15) is 0 Å². The van der Waals surface area contributed by atoms with Crippen molar-refractivity contribution in [3.63, 3.8) is 0 Å². The molecule has 0 amide bonds. The zero-order chi connectivity index (χ0) is 14.2. The van der Waals surface area contributed by atoms with Crippen LogP contribution < -0.4 is 10.1 Å². The van der Waals surface area contributed by atoms with Gasteiger partial charge in [-0.15, -0.1) is 11.6 Å². The standard InChI is InChI=1S/C16H25ClN2O/c1-2-20-16-7-6-15(12-14(16)13-17)18-8-5-11-19-9-3-4-10-19/h6-7,12,18H,2-5,8-11,13H2,1H3. The van der Waals surface area contributed by atoms with E-state index in [1.165, 1.54) is 38.9 Å². The Morgan fingerprint density at radius 1 is 1.30 bits per heavy atom. The quantitative estimate of drug-likeness (QED) is 0.584. The predicted molar refractivity (Wildman–Crippen MR) is 85.9 cm³/mol. The van der Waals surface area contributed by atoms with Gasteiger partial charge in [0.05, 0.1) is 12.5 Å². The molecule has 1 saturated heterocycles. The third kappa shape index (κ3) is 4.57. The van der Waals surface area contributed by atoms with Crippen LogP contribution in [0.25, 0.3) is 0 Å². The number of likely N-dealkylation sites (tertiary alicyclic amines) is 1. The summed E-state index contributed by atoms with van der Waals surface area (Å²) in [5.41, 5.74) is 2.18. The molecule has 1 heterocycles. The van der Waals surface area contributed by atoms with E-state index in [0.717, 1.165) is 23.5 Å². The number of ether oxygens (including phenoxy) is 1. The van der Waals surface area contributed by atoms with Crippen molar-refractivity contribution in [2.75, 3.05) is 38.1 Å². The van der Waals surface area contributed by atoms with Gasteiger partial charge >= 0.3 is 0 Å². The Hall–Kier alpha value is -0.930. The van der Waals surface area contributed by atoms with E-state index in [9.17, 15) is 0 Å². The van der Waals surface area contributed by atoms with Gasteiger partial charge in [-0.25, -0.2) is 0 Å². The first-order valence-electron chi connectivity index (χ1n) is 7.61. The fourth-order valence-corrected chi connectivity index (χ4v) is 2.84. The van der Waals surface area contributed by atoms with E-state index in [0.29, 0.717) is 12.5 Å². The van der Waals surface area contributed by atoms with Crippen LogP contribution in [-0.2, 0) is 5.88 Å². The molecule has 0 radical (unpaired) electrons. The van der Waals surface area contributed by atoms with E-state index in [1.807, 2.05) is 13.0 Å². The highest BCUT2D eigenvalue weighted by atomic mass is 35.5. The van der Waals surface area contributed by atoms with Gasteiger partial charge in [0, 0.05) is 17.8 Å². The average Bonchev–Trinajstić information content (AvgIpc) is 2.98. The molecule has 1 N–H and O–H groups in total. The summed E-state index contributed by atoms with van der Waals surface area (Å²) in [5.74, 6) is 1.38. The number of hydrogen-bond acceptors (Lipinski definition) is 3. The normalized spacial score (nSPS) is 15.5. The highest BCUT2D eigenvalue weighted by Gasteiger charge is 2.10. The van der Waals surface area contributed by atoms with Crippen LogP contribution in [-0.4, -0.2) is 37.7 Å². The lowest BCUT2D eigenvalue weighted by Crippen LogP contribution is -2.22. The zero-order valence-electron chi connectivity index (χ0n) is 12.3. The molecule has 0 unspecified atom stereocenters. The lowest BCUT2D eigenvalue weighted by Gasteiger charge is -2.15. The molecule has 1 aromatic rings. The molecule has 4 heteroatoms. The Balaban J connectivity index is 1.77. The van der Waals surface area contributed by atoms with Crippen molar-refractivity contribution in [1.82, 2.24) is 4.90 Å². The van der Waals surface area contributed by atoms with Gasteiger partial charge in [0.15, 0.2) is 0 Å². The molecule has 0 aromatic heterocycles. The maximum atomic E-state index is 5.97. The lowest BCUT2D eigenvalue weighted by atomic mass is 10.2. The zero-order valence-corrected chi connectivity index (χ0v) is 13.1. The molecule has 0 aliphatic carbocycles. The van der Waals surface area contributed by atoms with Gasteiger partial charge in [0.1, 0.15) is 5.75 Å². The minimum absolute atomic E-state index is 0.485. The molecule has 112 valence electrons. The maximum Gasteiger partial charge on any atom is 0.123 e. The molecule has 1 aromatic carbocycles. The molecule has 1 aliphatic heterocycles. The average molecular weight is 297 g/mol. The number of anilines is 1. The van der Waals surface area contributed by atoms with E-state index in [4.69, 9.17) is 16.3 Å². The molecule has 1 fully saturated rings. The summed E-state index contributed by atoms with van der Waals surface area (Å²) in [6.45, 7) is 7.42. The van der Waals surface area contributed by atoms with Crippen LogP contribution in [0.15, 0.2) is 18.2 Å². The first-order valence-corrected chi connectivity index (χ1v) is 8.15. The van der Waals surface area contributed by atoms with Gasteiger partial charge in [-0.05, 0) is 64.0 Å². The second-order valence-electron chi connectivity index (χ2n) is 5.22. The Morgan fingerprint density at radius 3 is 2.80 bits per heavy atom. The molecule has 0 spiro atoms. The Kier molecular flexibility index (Phi) is 6.48. The van der Waals surface area contributed by atoms with Crippen molar-refractivity contribution in [3.8, 4) is 5.75 Å². The van der Waals surface area contributed by atoms with Crippen LogP contribution in [0.5, 0.6) is 5.75 Å². The number of alkyl halides is 1. The molecule has 0 bridgehead atoms. The van der Waals surface area contributed by atoms with E-state index in [2.05, 4.69) is 22.3 Å². The predicted octanol–water partition coefficient (Wildman–Crippen LogP) is 3.72. The number of benzene rings is 1. The Bertz CT molecular complexity index is 405. The van der Waals surface area contributed by atoms with E-state index in [-0.39, 0.29) is 0 Å². The lowest BCUT2D eigenvalue weighted by molar-refractivity contribution is 0.337. The van der Waals surface area contributed by atoms with E-state index >= 15 is 0 Å². The first kappa shape index (κ1) is 15.5. The van der Waals surface area contributed by atoms with Crippen molar-refractivity contribution < 1.29 is 4.74 Å². The first-order chi connectivity index (χ1) is 9.83. The number of halogens is 1. The summed E-state index contributed by atoms with van der Waals surface area (Å²) in [7, 11) is 0. The van der Waals surface area contributed by atoms with E-state index < -0.39 is 0 Å². The summed E-state index contributed by atoms with van der Waals surface area (Å²) in [5, 5.41) is 3.47. The van der Waals surface area contributed by atoms with Crippen LogP contribution in [0.4, 0.5) is 5.69 Å². The number of hydrogen-bond donors (Lipinski definition) is 1. The summed E-state index contributed by atoms with van der Waals surface area (Å²) >= 11 is 5.97. The minimum Gasteiger partial charge on any atom is -0.494 e. The van der Waals surface area contributed by atoms with E-state index in [1.54, 1.807) is 0 Å². The number of rotatable bonds is 8. The molecule has 20 heavy (non-hydrogen) atoms. The molecular weight excluding hydrogens is 272 g/mol. The van der Waals surface area contributed by atoms with Crippen molar-refractivity contribution in [2.24, 2.45) is 0 Å². The third-order valence-electron chi connectivity index (χ3n) is 3.68. The second-order valence-corrected chi connectivity index (χ2v) is 5.49. The van der Waals surface area contributed by atoms with Gasteiger partial charge in [-0.3, -0.25) is 0 Å². The monoisotopic (exact) mass is 296 g/mol. The fourth-order valence-electron chi connectivity index (χ4n) is 2.63. The third-order valence-corrected chi connectivity index (χ3v) is 3.97. The smallest absolute Gasteiger partial charge is 0.123 e. The van der Waals surface area contributed by atoms with Crippen molar-refractivity contribution in [2.45, 2.75) is 32.1 Å². The summed E-state index contributed by atoms with van der Waals surface area (Å²) < 4.78 is 5.56. The van der Waals surface area contributed by atoms with Crippen LogP contribution in [0.2, 0.25) is 0 Å². The van der Waals surface area contributed by atoms with Gasteiger partial charge in [0.2, 0.25) is 0 Å². The van der Waals surface area contributed by atoms with Crippen molar-refractivity contribution in [1.29, 1.82) is 0 Å². The molecule has 2 rings (SSSR count). The van der Waals surface area contributed by atoms with Gasteiger partial charge in [0.25, 0.3) is 0 Å². The van der Waals surface area contributed by atoms with Gasteiger partial charge < -0.3 is 15.0 Å². The maximum absolute atomic E-state index is 5.97. The van der Waals surface area contributed by atoms with Crippen molar-refractivity contribution >= 4 is 17.3 Å². The molecule has 1 aliphatic rings. The highest BCUT2D eigenvalue weighted by molar-refractivity contribution is 6.17. The largest absolute Gasteiger partial charge is 0.494 e. The molecular formula is C16H25ClN2O. The fraction of sp³-hybridized carbons (Fsp3) is 0.625. The molecule has 0 atom stereocenters. The Morgan fingerprint density at radius 2 is 2.10 bits per heavy atom. The molecule has 3 nitrogen and oxygen atoms in total. The minimum atomic E-state index is 0.485. The van der Waals surface area contributed by atoms with Crippen LogP contribution in [0.3, 0.4) is 0 Å². The SMILES string of the molecule is CCOc1ccc(NCCCN2CCCC2)cc1CCl. The highest BCUT2D eigenvalue weighted by Crippen LogP contribution is 2.24. The summed E-state index contributed by atoms with van der Waals surface area (Å²) in [6.07, 6.45) is 3.92. The van der Waals surface area contributed by atoms with Crippen LogP contribution >= 0.6 is 11.6 Å².